The first-order valence-electron chi connectivity index (χ1n) is 7.85. The maximum atomic E-state index is 12.1. The summed E-state index contributed by atoms with van der Waals surface area (Å²) in [6.07, 6.45) is 0.221. The lowest BCUT2D eigenvalue weighted by Gasteiger charge is -2.14. The van der Waals surface area contributed by atoms with Crippen LogP contribution in [0, 0.1) is 10.1 Å². The molecule has 0 saturated carbocycles. The molecule has 0 spiro atoms. The third-order valence-corrected chi connectivity index (χ3v) is 3.63. The number of para-hydroxylation sites is 3. The average Bonchev–Trinajstić information content (AvgIpc) is 2.55. The van der Waals surface area contributed by atoms with Crippen LogP contribution in [0.5, 0.6) is 0 Å². The molecule has 0 aromatic heterocycles. The number of nitro groups is 1. The zero-order valence-electron chi connectivity index (χ0n) is 13.8. The summed E-state index contributed by atoms with van der Waals surface area (Å²) in [5.74, 6) is 0.181. The van der Waals surface area contributed by atoms with Gasteiger partial charge in [-0.1, -0.05) is 44.2 Å². The molecule has 0 aliphatic rings. The Labute approximate surface area is 141 Å². The van der Waals surface area contributed by atoms with Crippen LogP contribution in [-0.4, -0.2) is 17.4 Å². The highest BCUT2D eigenvalue weighted by Gasteiger charge is 2.13. The van der Waals surface area contributed by atoms with Crippen LogP contribution in [0.2, 0.25) is 0 Å². The summed E-state index contributed by atoms with van der Waals surface area (Å²) in [6.45, 7) is 4.46. The Morgan fingerprint density at radius 3 is 2.38 bits per heavy atom. The van der Waals surface area contributed by atoms with Gasteiger partial charge < -0.3 is 10.6 Å². The maximum Gasteiger partial charge on any atom is 0.292 e. The van der Waals surface area contributed by atoms with Gasteiger partial charge in [0.15, 0.2) is 0 Å². The van der Waals surface area contributed by atoms with Crippen LogP contribution in [-0.2, 0) is 4.79 Å². The van der Waals surface area contributed by atoms with Gasteiger partial charge in [0.2, 0.25) is 5.91 Å². The van der Waals surface area contributed by atoms with Crippen molar-refractivity contribution in [1.82, 2.24) is 0 Å². The van der Waals surface area contributed by atoms with Crippen molar-refractivity contribution < 1.29 is 9.72 Å². The van der Waals surface area contributed by atoms with Crippen molar-refractivity contribution in [1.29, 1.82) is 0 Å². The Bertz CT molecular complexity index is 729. The van der Waals surface area contributed by atoms with Crippen LogP contribution in [0.15, 0.2) is 48.5 Å². The molecule has 6 nitrogen and oxygen atoms in total. The molecule has 6 heteroatoms. The minimum Gasteiger partial charge on any atom is -0.379 e. The Kier molecular flexibility index (Phi) is 5.89. The molecule has 0 bridgehead atoms. The second-order valence-electron chi connectivity index (χ2n) is 5.74. The van der Waals surface area contributed by atoms with E-state index in [0.717, 1.165) is 11.3 Å². The van der Waals surface area contributed by atoms with Crippen LogP contribution in [0.4, 0.5) is 17.1 Å². The van der Waals surface area contributed by atoms with E-state index >= 15 is 0 Å². The number of hydrogen-bond acceptors (Lipinski definition) is 4. The lowest BCUT2D eigenvalue weighted by Crippen LogP contribution is -2.17. The van der Waals surface area contributed by atoms with Gasteiger partial charge in [0, 0.05) is 24.7 Å². The van der Waals surface area contributed by atoms with E-state index in [-0.39, 0.29) is 18.0 Å². The Balaban J connectivity index is 1.92. The summed E-state index contributed by atoms with van der Waals surface area (Å²) in [5, 5.41) is 16.8. The molecule has 1 amide bonds. The van der Waals surface area contributed by atoms with E-state index in [4.69, 9.17) is 0 Å². The Hall–Kier alpha value is -2.89. The number of nitrogens with zero attached hydrogens (tertiary/aromatic N) is 1. The normalized spacial score (nSPS) is 10.5. The lowest BCUT2D eigenvalue weighted by atomic mass is 10.0. The first-order valence-corrected chi connectivity index (χ1v) is 7.85. The molecule has 0 radical (unpaired) electrons. The number of carbonyl (C=O) groups is 1. The summed E-state index contributed by atoms with van der Waals surface area (Å²) in [4.78, 5) is 22.6. The number of rotatable bonds is 7. The molecule has 0 aliphatic heterocycles. The Morgan fingerprint density at radius 2 is 1.71 bits per heavy atom. The van der Waals surface area contributed by atoms with Crippen molar-refractivity contribution in [3.05, 3.63) is 64.2 Å². The van der Waals surface area contributed by atoms with Crippen molar-refractivity contribution in [3.63, 3.8) is 0 Å². The number of hydrogen-bond donors (Lipinski definition) is 2. The van der Waals surface area contributed by atoms with Gasteiger partial charge >= 0.3 is 0 Å². The van der Waals surface area contributed by atoms with Crippen LogP contribution in [0.3, 0.4) is 0 Å². The van der Waals surface area contributed by atoms with E-state index in [9.17, 15) is 14.9 Å². The monoisotopic (exact) mass is 327 g/mol. The zero-order valence-corrected chi connectivity index (χ0v) is 13.8. The predicted octanol–water partition coefficient (Wildman–Crippen LogP) is 4.16. The number of anilines is 2. The van der Waals surface area contributed by atoms with Gasteiger partial charge in [-0.2, -0.15) is 0 Å². The minimum absolute atomic E-state index is 0.00283. The average molecular weight is 327 g/mol. The zero-order chi connectivity index (χ0) is 17.5. The van der Waals surface area contributed by atoms with Gasteiger partial charge in [0.1, 0.15) is 5.69 Å². The van der Waals surface area contributed by atoms with Crippen molar-refractivity contribution in [2.24, 2.45) is 0 Å². The molecule has 2 aromatic carbocycles. The molecule has 0 atom stereocenters. The van der Waals surface area contributed by atoms with E-state index in [1.54, 1.807) is 18.2 Å². The highest BCUT2D eigenvalue weighted by atomic mass is 16.6. The van der Waals surface area contributed by atoms with Gasteiger partial charge in [-0.05, 0) is 23.6 Å². The van der Waals surface area contributed by atoms with E-state index < -0.39 is 4.92 Å². The van der Waals surface area contributed by atoms with Crippen molar-refractivity contribution in [2.45, 2.75) is 26.2 Å². The molecule has 2 N–H and O–H groups in total. The van der Waals surface area contributed by atoms with E-state index in [1.807, 2.05) is 24.3 Å². The van der Waals surface area contributed by atoms with E-state index in [0.29, 0.717) is 18.2 Å². The standard InChI is InChI=1S/C18H21N3O3/c1-13(2)14-7-3-4-8-15(14)20-18(22)11-12-19-16-9-5-6-10-17(16)21(23)24/h3-10,13,19H,11-12H2,1-2H3,(H,20,22). The molecule has 0 fully saturated rings. The Morgan fingerprint density at radius 1 is 1.08 bits per heavy atom. The number of nitrogens with one attached hydrogen (secondary N) is 2. The number of amides is 1. The van der Waals surface area contributed by atoms with Crippen LogP contribution in [0.1, 0.15) is 31.7 Å². The van der Waals surface area contributed by atoms with Gasteiger partial charge in [0.05, 0.1) is 4.92 Å². The topological polar surface area (TPSA) is 84.3 Å². The fourth-order valence-electron chi connectivity index (χ4n) is 2.42. The van der Waals surface area contributed by atoms with Crippen LogP contribution < -0.4 is 10.6 Å². The molecule has 0 aliphatic carbocycles. The van der Waals surface area contributed by atoms with Crippen molar-refractivity contribution in [2.75, 3.05) is 17.2 Å². The molecule has 2 aromatic rings. The molecular formula is C18H21N3O3. The second-order valence-corrected chi connectivity index (χ2v) is 5.74. The minimum atomic E-state index is -0.443. The predicted molar refractivity (Wildman–Crippen MR) is 95.4 cm³/mol. The summed E-state index contributed by atoms with van der Waals surface area (Å²) < 4.78 is 0. The highest BCUT2D eigenvalue weighted by Crippen LogP contribution is 2.24. The van der Waals surface area contributed by atoms with Crippen molar-refractivity contribution in [3.8, 4) is 0 Å². The van der Waals surface area contributed by atoms with Gasteiger partial charge in [-0.15, -0.1) is 0 Å². The van der Waals surface area contributed by atoms with Crippen LogP contribution >= 0.6 is 0 Å². The number of carbonyl (C=O) groups excluding carboxylic acids is 1. The molecule has 0 saturated heterocycles. The third kappa shape index (κ3) is 4.55. The quantitative estimate of drug-likeness (QED) is 0.591. The first-order chi connectivity index (χ1) is 11.5. The summed E-state index contributed by atoms with van der Waals surface area (Å²) in [7, 11) is 0. The SMILES string of the molecule is CC(C)c1ccccc1NC(=O)CCNc1ccccc1[N+](=O)[O-]. The molecular weight excluding hydrogens is 306 g/mol. The maximum absolute atomic E-state index is 12.1. The van der Waals surface area contributed by atoms with Crippen molar-refractivity contribution >= 4 is 23.0 Å². The largest absolute Gasteiger partial charge is 0.379 e. The summed E-state index contributed by atoms with van der Waals surface area (Å²) >= 11 is 0. The fraction of sp³-hybridized carbons (Fsp3) is 0.278. The molecule has 0 unspecified atom stereocenters. The molecule has 126 valence electrons. The first kappa shape index (κ1) is 17.5. The van der Waals surface area contributed by atoms with Gasteiger partial charge in [0.25, 0.3) is 5.69 Å². The lowest BCUT2D eigenvalue weighted by molar-refractivity contribution is -0.384. The van der Waals surface area contributed by atoms with E-state index in [2.05, 4.69) is 24.5 Å². The summed E-state index contributed by atoms with van der Waals surface area (Å²) in [6, 6.07) is 14.1. The fourth-order valence-corrected chi connectivity index (χ4v) is 2.42. The number of benzene rings is 2. The van der Waals surface area contributed by atoms with Crippen LogP contribution in [0.25, 0.3) is 0 Å². The molecule has 0 heterocycles. The highest BCUT2D eigenvalue weighted by molar-refractivity contribution is 5.91. The van der Waals surface area contributed by atoms with E-state index in [1.165, 1.54) is 6.07 Å². The molecule has 24 heavy (non-hydrogen) atoms. The third-order valence-electron chi connectivity index (χ3n) is 3.63. The second kappa shape index (κ2) is 8.10. The molecule has 2 rings (SSSR count). The smallest absolute Gasteiger partial charge is 0.292 e. The van der Waals surface area contributed by atoms with Gasteiger partial charge in [-0.3, -0.25) is 14.9 Å². The summed E-state index contributed by atoms with van der Waals surface area (Å²) in [5.41, 5.74) is 2.31. The van der Waals surface area contributed by atoms with Gasteiger partial charge in [-0.25, -0.2) is 0 Å². The number of nitro benzene ring substituents is 1.